The second kappa shape index (κ2) is 6.21. The monoisotopic (exact) mass is 241 g/mol. The fourth-order valence-corrected chi connectivity index (χ4v) is 2.73. The Morgan fingerprint density at radius 2 is 2.12 bits per heavy atom. The molecule has 0 aliphatic heterocycles. The molecule has 0 saturated heterocycles. The molecule has 1 atom stereocenters. The van der Waals surface area contributed by atoms with Crippen molar-refractivity contribution in [3.63, 3.8) is 0 Å². The number of rotatable bonds is 6. The maximum atomic E-state index is 4.77. The first-order valence-electron chi connectivity index (χ1n) is 5.99. The summed E-state index contributed by atoms with van der Waals surface area (Å²) in [4.78, 5) is 8.36. The Kier molecular flexibility index (Phi) is 5.22. The Hall–Kier alpha value is -0.610. The zero-order valence-electron chi connectivity index (χ0n) is 11.0. The van der Waals surface area contributed by atoms with Crippen LogP contribution in [0.15, 0.2) is 0 Å². The van der Waals surface area contributed by atoms with Gasteiger partial charge in [0.15, 0.2) is 5.13 Å². The molecule has 1 aromatic heterocycles. The first-order valence-corrected chi connectivity index (χ1v) is 6.80. The Morgan fingerprint density at radius 1 is 1.44 bits per heavy atom. The van der Waals surface area contributed by atoms with Gasteiger partial charge in [0.25, 0.3) is 0 Å². The van der Waals surface area contributed by atoms with Gasteiger partial charge in [0.05, 0.1) is 5.69 Å². The number of thiazole rings is 1. The summed E-state index contributed by atoms with van der Waals surface area (Å²) in [5.41, 5.74) is 1.28. The largest absolute Gasteiger partial charge is 0.351 e. The average molecular weight is 241 g/mol. The zero-order chi connectivity index (χ0) is 12.1. The van der Waals surface area contributed by atoms with E-state index in [1.807, 2.05) is 18.4 Å². The van der Waals surface area contributed by atoms with Gasteiger partial charge in [0.2, 0.25) is 0 Å². The molecule has 3 nitrogen and oxygen atoms in total. The molecule has 92 valence electrons. The van der Waals surface area contributed by atoms with Crippen molar-refractivity contribution in [1.29, 1.82) is 0 Å². The third-order valence-electron chi connectivity index (χ3n) is 2.93. The molecule has 1 aromatic rings. The molecule has 0 saturated carbocycles. The van der Waals surface area contributed by atoms with Crippen molar-refractivity contribution in [3.8, 4) is 0 Å². The van der Waals surface area contributed by atoms with E-state index in [1.165, 1.54) is 10.6 Å². The van der Waals surface area contributed by atoms with E-state index in [0.29, 0.717) is 5.92 Å². The Balaban J connectivity index is 2.99. The van der Waals surface area contributed by atoms with Crippen LogP contribution in [0.2, 0.25) is 0 Å². The summed E-state index contributed by atoms with van der Waals surface area (Å²) in [7, 11) is 4.09. The fraction of sp³-hybridized carbons (Fsp3) is 0.750. The summed E-state index contributed by atoms with van der Waals surface area (Å²) in [5, 5.41) is 4.37. The molecular formula is C12H23N3S. The smallest absolute Gasteiger partial charge is 0.185 e. The summed E-state index contributed by atoms with van der Waals surface area (Å²) in [6.07, 6.45) is 1.15. The highest BCUT2D eigenvalue weighted by atomic mass is 32.1. The van der Waals surface area contributed by atoms with E-state index in [1.54, 1.807) is 0 Å². The highest BCUT2D eigenvalue weighted by molar-refractivity contribution is 7.15. The molecule has 4 heteroatoms. The molecule has 1 heterocycles. The Morgan fingerprint density at radius 3 is 2.62 bits per heavy atom. The van der Waals surface area contributed by atoms with E-state index in [0.717, 1.165) is 24.6 Å². The number of aromatic nitrogens is 1. The lowest BCUT2D eigenvalue weighted by Crippen LogP contribution is -2.15. The van der Waals surface area contributed by atoms with Gasteiger partial charge in [-0.1, -0.05) is 13.8 Å². The molecule has 0 amide bonds. The number of nitrogens with one attached hydrogen (secondary N) is 1. The minimum atomic E-state index is 0.554. The van der Waals surface area contributed by atoms with Crippen LogP contribution in [0.3, 0.4) is 0 Å². The van der Waals surface area contributed by atoms with Crippen LogP contribution < -0.4 is 10.2 Å². The molecule has 1 rings (SSSR count). The molecule has 0 aliphatic carbocycles. The molecule has 0 fully saturated rings. The van der Waals surface area contributed by atoms with Gasteiger partial charge in [-0.2, -0.15) is 0 Å². The zero-order valence-corrected chi connectivity index (χ0v) is 11.8. The maximum absolute atomic E-state index is 4.77. The van der Waals surface area contributed by atoms with Crippen LogP contribution in [0, 0.1) is 0 Å². The van der Waals surface area contributed by atoms with E-state index in [2.05, 4.69) is 38.0 Å². The van der Waals surface area contributed by atoms with Crippen LogP contribution in [-0.2, 0) is 6.54 Å². The Bertz CT molecular complexity index is 322. The lowest BCUT2D eigenvalue weighted by molar-refractivity contribution is 0.692. The van der Waals surface area contributed by atoms with Crippen molar-refractivity contribution in [2.45, 2.75) is 39.7 Å². The molecule has 0 spiro atoms. The number of hydrogen-bond acceptors (Lipinski definition) is 4. The lowest BCUT2D eigenvalue weighted by atomic mass is 10.0. The first-order chi connectivity index (χ1) is 7.63. The SMILES string of the molecule is CCC(C)c1nc(N(C)CC)sc1CNC. The van der Waals surface area contributed by atoms with Gasteiger partial charge in [0.1, 0.15) is 0 Å². The van der Waals surface area contributed by atoms with Crippen LogP contribution in [0.5, 0.6) is 0 Å². The van der Waals surface area contributed by atoms with Crippen molar-refractivity contribution in [2.24, 2.45) is 0 Å². The van der Waals surface area contributed by atoms with E-state index >= 15 is 0 Å². The second-order valence-corrected chi connectivity index (χ2v) is 5.22. The average Bonchev–Trinajstić information content (AvgIpc) is 2.71. The molecule has 0 aromatic carbocycles. The van der Waals surface area contributed by atoms with Gasteiger partial charge in [-0.05, 0) is 26.3 Å². The topological polar surface area (TPSA) is 28.2 Å². The van der Waals surface area contributed by atoms with Crippen molar-refractivity contribution in [2.75, 3.05) is 25.5 Å². The van der Waals surface area contributed by atoms with E-state index in [-0.39, 0.29) is 0 Å². The predicted octanol–water partition coefficient (Wildman–Crippen LogP) is 2.83. The normalized spacial score (nSPS) is 12.8. The Labute approximate surface area is 103 Å². The molecular weight excluding hydrogens is 218 g/mol. The van der Waals surface area contributed by atoms with E-state index in [9.17, 15) is 0 Å². The van der Waals surface area contributed by atoms with Crippen molar-refractivity contribution < 1.29 is 0 Å². The molecule has 0 aliphatic rings. The van der Waals surface area contributed by atoms with Crippen molar-refractivity contribution >= 4 is 16.5 Å². The van der Waals surface area contributed by atoms with Crippen molar-refractivity contribution in [3.05, 3.63) is 10.6 Å². The molecule has 0 bridgehead atoms. The van der Waals surface area contributed by atoms with E-state index < -0.39 is 0 Å². The van der Waals surface area contributed by atoms with Crippen LogP contribution >= 0.6 is 11.3 Å². The fourth-order valence-electron chi connectivity index (χ4n) is 1.51. The highest BCUT2D eigenvalue weighted by Crippen LogP contribution is 2.31. The lowest BCUT2D eigenvalue weighted by Gasteiger charge is -2.11. The summed E-state index contributed by atoms with van der Waals surface area (Å²) in [5.74, 6) is 0.554. The van der Waals surface area contributed by atoms with E-state index in [4.69, 9.17) is 4.98 Å². The van der Waals surface area contributed by atoms with Gasteiger partial charge < -0.3 is 10.2 Å². The van der Waals surface area contributed by atoms with Gasteiger partial charge in [-0.25, -0.2) is 4.98 Å². The van der Waals surface area contributed by atoms with Crippen molar-refractivity contribution in [1.82, 2.24) is 10.3 Å². The summed E-state index contributed by atoms with van der Waals surface area (Å²) in [6.45, 7) is 8.56. The number of hydrogen-bond donors (Lipinski definition) is 1. The molecule has 16 heavy (non-hydrogen) atoms. The third kappa shape index (κ3) is 2.95. The standard InChI is InChI=1S/C12H23N3S/c1-6-9(3)11-10(8-13-4)16-12(14-11)15(5)7-2/h9,13H,6-8H2,1-5H3. The number of nitrogens with zero attached hydrogens (tertiary/aromatic N) is 2. The van der Waals surface area contributed by atoms with Crippen LogP contribution in [0.25, 0.3) is 0 Å². The van der Waals surface area contributed by atoms with Gasteiger partial charge in [-0.3, -0.25) is 0 Å². The quantitative estimate of drug-likeness (QED) is 0.830. The van der Waals surface area contributed by atoms with Gasteiger partial charge in [-0.15, -0.1) is 11.3 Å². The molecule has 1 N–H and O–H groups in total. The third-order valence-corrected chi connectivity index (χ3v) is 4.12. The highest BCUT2D eigenvalue weighted by Gasteiger charge is 2.16. The van der Waals surface area contributed by atoms with Crippen LogP contribution in [0.1, 0.15) is 43.7 Å². The summed E-state index contributed by atoms with van der Waals surface area (Å²) in [6, 6.07) is 0. The molecule has 1 unspecified atom stereocenters. The van der Waals surface area contributed by atoms with Crippen LogP contribution in [0.4, 0.5) is 5.13 Å². The van der Waals surface area contributed by atoms with Crippen LogP contribution in [-0.4, -0.2) is 25.6 Å². The number of anilines is 1. The van der Waals surface area contributed by atoms with Gasteiger partial charge >= 0.3 is 0 Å². The second-order valence-electron chi connectivity index (χ2n) is 4.16. The summed E-state index contributed by atoms with van der Waals surface area (Å²) >= 11 is 1.81. The molecule has 0 radical (unpaired) electrons. The predicted molar refractivity (Wildman–Crippen MR) is 72.5 cm³/mol. The minimum absolute atomic E-state index is 0.554. The summed E-state index contributed by atoms with van der Waals surface area (Å²) < 4.78 is 0. The van der Waals surface area contributed by atoms with Gasteiger partial charge in [0, 0.05) is 25.0 Å². The first kappa shape index (κ1) is 13.5. The maximum Gasteiger partial charge on any atom is 0.185 e. The minimum Gasteiger partial charge on any atom is -0.351 e.